The standard InChI is InChI=1S/C16H26O2.C12H15N3O3.H3NO8S2.H3N/c1-15(2,3)12-16(4,5)13-6-8-14(9-7-13)18-11-10-17;1-4-7-13-10(16)14(8-5-2)12(18)15(9-6-3)11(13)17;2-1-10(3,4)8-9-11(5,6)7;/h6-9,17H,10-12H2,1-5H3;4-6H,1-3,7-9H2;1-2H,(H,5,6,7);1H3/p+1. The van der Waals surface area contributed by atoms with Gasteiger partial charge < -0.3 is 20.5 Å². The van der Waals surface area contributed by atoms with E-state index in [0.717, 1.165) is 25.9 Å². The molecule has 0 radical (unpaired) electrons. The minimum Gasteiger partial charge on any atom is -0.724 e. The van der Waals surface area contributed by atoms with Gasteiger partial charge in [-0.3, -0.25) is 0 Å². The largest absolute Gasteiger partial charge is 0.724 e. The van der Waals surface area contributed by atoms with E-state index in [1.165, 1.54) is 23.8 Å². The topological polar surface area (TPSA) is 279 Å². The highest BCUT2D eigenvalue weighted by atomic mass is 32.3. The van der Waals surface area contributed by atoms with Crippen molar-refractivity contribution in [3.8, 4) is 5.75 Å². The second-order valence-electron chi connectivity index (χ2n) is 11.4. The van der Waals surface area contributed by atoms with E-state index in [-0.39, 0.29) is 37.8 Å². The van der Waals surface area contributed by atoms with Gasteiger partial charge in [-0.15, -0.1) is 28.2 Å². The molecule has 1 aromatic heterocycles. The third kappa shape index (κ3) is 16.9. The minimum absolute atomic E-state index is 0. The smallest absolute Gasteiger partial charge is 0.491 e. The van der Waals surface area contributed by atoms with Crippen LogP contribution in [0, 0.1) is 5.41 Å². The molecule has 274 valence electrons. The normalized spacial score (nSPS) is 11.5. The first kappa shape index (κ1) is 46.4. The number of aromatic nitrogens is 3. The maximum Gasteiger partial charge on any atom is 0.491 e. The third-order valence-corrected chi connectivity index (χ3v) is 6.46. The summed E-state index contributed by atoms with van der Waals surface area (Å²) in [6.07, 6.45) is 5.40. The van der Waals surface area contributed by atoms with Crippen LogP contribution in [0.1, 0.15) is 46.6 Å². The van der Waals surface area contributed by atoms with Crippen LogP contribution in [0.4, 0.5) is 0 Å². The number of aliphatic hydroxyl groups is 1. The van der Waals surface area contributed by atoms with Gasteiger partial charge >= 0.3 is 27.4 Å². The number of aliphatic hydroxyl groups excluding tert-OH is 1. The van der Waals surface area contributed by atoms with Crippen molar-refractivity contribution in [2.24, 2.45) is 5.41 Å². The molecule has 2 rings (SSSR count). The maximum atomic E-state index is 11.9. The van der Waals surface area contributed by atoms with E-state index in [1.807, 2.05) is 12.1 Å². The van der Waals surface area contributed by atoms with E-state index in [1.54, 1.807) is 0 Å². The monoisotopic (exact) mass is 726 g/mol. The minimum atomic E-state index is -5.25. The molecule has 0 unspecified atom stereocenters. The quantitative estimate of drug-likeness (QED) is 0.0639. The molecule has 20 heteroatoms. The van der Waals surface area contributed by atoms with Crippen LogP contribution in [-0.2, 0) is 54.4 Å². The number of hydrogen-bond donors (Lipinski definition) is 4. The number of benzene rings is 1. The van der Waals surface area contributed by atoms with Crippen molar-refractivity contribution in [3.05, 3.63) is 99.2 Å². The van der Waals surface area contributed by atoms with E-state index in [0.29, 0.717) is 12.0 Å². The Bertz CT molecular complexity index is 1600. The summed E-state index contributed by atoms with van der Waals surface area (Å²) in [6.45, 7) is 22.4. The SMILES string of the molecule is C=CCn1c(=O)n(CC=C)c(=O)n(CC=C)c1=O.CC(C)(C)CC(C)(C)c1ccc(OCCO)cc1.O=S(=O)([O-])OOS(=O)(=O)[NH2+]O.[NH4+]. The van der Waals surface area contributed by atoms with Gasteiger partial charge in [0.15, 0.2) is 0 Å². The molecule has 1 heterocycles. The second kappa shape index (κ2) is 20.6. The molecule has 0 bridgehead atoms. The van der Waals surface area contributed by atoms with Crippen molar-refractivity contribution >= 4 is 20.7 Å². The van der Waals surface area contributed by atoms with E-state index < -0.39 is 42.7 Å². The lowest BCUT2D eigenvalue weighted by molar-refractivity contribution is -0.774. The molecule has 18 nitrogen and oxygen atoms in total. The number of allylic oxidation sites excluding steroid dienone is 3. The van der Waals surface area contributed by atoms with E-state index in [2.05, 4.69) is 75.2 Å². The molecule has 0 amide bonds. The predicted molar refractivity (Wildman–Crippen MR) is 176 cm³/mol. The van der Waals surface area contributed by atoms with Crippen molar-refractivity contribution in [2.75, 3.05) is 13.2 Å². The average molecular weight is 727 g/mol. The van der Waals surface area contributed by atoms with Gasteiger partial charge in [0.25, 0.3) is 0 Å². The van der Waals surface area contributed by atoms with Crippen LogP contribution in [-0.4, -0.2) is 58.6 Å². The number of hydrogen-bond acceptors (Lipinski definition) is 13. The van der Waals surface area contributed by atoms with Crippen LogP contribution >= 0.6 is 0 Å². The molecule has 0 aliphatic carbocycles. The van der Waals surface area contributed by atoms with E-state index in [4.69, 9.17) is 15.1 Å². The Morgan fingerprint density at radius 2 is 1.21 bits per heavy atom. The highest BCUT2D eigenvalue weighted by molar-refractivity contribution is 7.82. The van der Waals surface area contributed by atoms with Gasteiger partial charge in [-0.1, -0.05) is 74.2 Å². The zero-order valence-corrected chi connectivity index (χ0v) is 29.7. The summed E-state index contributed by atoms with van der Waals surface area (Å²) in [5.74, 6) is 0.819. The van der Waals surface area contributed by atoms with Crippen LogP contribution in [0.2, 0.25) is 0 Å². The fraction of sp³-hybridized carbons (Fsp3) is 0.464. The Hall–Kier alpha value is -3.73. The summed E-state index contributed by atoms with van der Waals surface area (Å²) in [5, 5.41) is 16.5. The third-order valence-electron chi connectivity index (χ3n) is 5.62. The number of rotatable bonds is 15. The first-order valence-corrected chi connectivity index (χ1v) is 16.6. The van der Waals surface area contributed by atoms with Crippen LogP contribution in [0.3, 0.4) is 0 Å². The van der Waals surface area contributed by atoms with Gasteiger partial charge in [-0.2, -0.15) is 0 Å². The highest BCUT2D eigenvalue weighted by Gasteiger charge is 2.27. The van der Waals surface area contributed by atoms with Crippen molar-refractivity contribution in [1.29, 1.82) is 0 Å². The predicted octanol–water partition coefficient (Wildman–Crippen LogP) is 0.470. The molecule has 0 aliphatic heterocycles. The first-order chi connectivity index (χ1) is 21.6. The number of ether oxygens (including phenoxy) is 1. The van der Waals surface area contributed by atoms with Gasteiger partial charge in [0, 0.05) is 0 Å². The molecule has 0 fully saturated rings. The van der Waals surface area contributed by atoms with Gasteiger partial charge in [0.1, 0.15) is 12.4 Å². The number of nitrogens with two attached hydrogens (primary N) is 1. The van der Waals surface area contributed by atoms with E-state index >= 15 is 0 Å². The molecular formula is C28H48N5O13S2+. The summed E-state index contributed by atoms with van der Waals surface area (Å²) >= 11 is 0. The number of quaternary nitrogens is 2. The van der Waals surface area contributed by atoms with E-state index in [9.17, 15) is 35.8 Å². The van der Waals surface area contributed by atoms with Crippen LogP contribution in [0.15, 0.2) is 76.6 Å². The summed E-state index contributed by atoms with van der Waals surface area (Å²) < 4.78 is 62.6. The fourth-order valence-corrected chi connectivity index (χ4v) is 4.84. The maximum absolute atomic E-state index is 11.9. The van der Waals surface area contributed by atoms with Crippen LogP contribution < -0.4 is 32.8 Å². The van der Waals surface area contributed by atoms with Gasteiger partial charge in [0.05, 0.1) is 26.2 Å². The Balaban J connectivity index is 0. The van der Waals surface area contributed by atoms with Crippen molar-refractivity contribution in [2.45, 2.75) is 66.1 Å². The second-order valence-corrected chi connectivity index (χ2v) is 13.7. The Morgan fingerprint density at radius 1 is 0.812 bits per heavy atom. The zero-order chi connectivity index (χ0) is 36.6. The van der Waals surface area contributed by atoms with Gasteiger partial charge in [-0.05, 0) is 39.3 Å². The molecule has 0 aliphatic rings. The molecule has 2 aromatic rings. The fourth-order valence-electron chi connectivity index (χ4n) is 4.22. The Labute approximate surface area is 279 Å². The molecule has 0 saturated carbocycles. The highest BCUT2D eigenvalue weighted by Crippen LogP contribution is 2.36. The average Bonchev–Trinajstić information content (AvgIpc) is 2.97. The van der Waals surface area contributed by atoms with Crippen LogP contribution in [0.25, 0.3) is 0 Å². The summed E-state index contributed by atoms with van der Waals surface area (Å²) in [5.41, 5.74) is -0.183. The van der Waals surface area contributed by atoms with Crippen molar-refractivity contribution < 1.29 is 50.0 Å². The summed E-state index contributed by atoms with van der Waals surface area (Å²) in [4.78, 5) is 35.3. The zero-order valence-electron chi connectivity index (χ0n) is 28.0. The Kier molecular flexibility index (Phi) is 19.9. The molecule has 8 N–H and O–H groups in total. The lowest BCUT2D eigenvalue weighted by atomic mass is 9.72. The lowest BCUT2D eigenvalue weighted by Gasteiger charge is -2.33. The molecule has 0 spiro atoms. The van der Waals surface area contributed by atoms with Crippen molar-refractivity contribution in [3.63, 3.8) is 0 Å². The van der Waals surface area contributed by atoms with Crippen molar-refractivity contribution in [1.82, 2.24) is 19.9 Å². The Morgan fingerprint density at radius 3 is 1.50 bits per heavy atom. The van der Waals surface area contributed by atoms with Gasteiger partial charge in [-0.25, -0.2) is 41.7 Å². The number of nitrogens with zero attached hydrogens (tertiary/aromatic N) is 3. The molecule has 0 saturated heterocycles. The molecule has 0 atom stereocenters. The van der Waals surface area contributed by atoms with Crippen LogP contribution in [0.5, 0.6) is 5.75 Å². The summed E-state index contributed by atoms with van der Waals surface area (Å²) in [6, 6.07) is 8.21. The molecule has 1 aromatic carbocycles. The lowest BCUT2D eigenvalue weighted by Crippen LogP contribution is -2.84. The molecular weight excluding hydrogens is 678 g/mol. The van der Waals surface area contributed by atoms with Gasteiger partial charge in [0.2, 0.25) is 10.4 Å². The first-order valence-electron chi connectivity index (χ1n) is 13.8. The molecule has 48 heavy (non-hydrogen) atoms. The summed E-state index contributed by atoms with van der Waals surface area (Å²) in [7, 11) is -9.87.